The largest absolute Gasteiger partial charge is 0.494 e. The van der Waals surface area contributed by atoms with Crippen LogP contribution >= 0.6 is 11.6 Å². The number of halogens is 1. The Bertz CT molecular complexity index is 488. The van der Waals surface area contributed by atoms with Gasteiger partial charge in [-0.15, -0.1) is 0 Å². The van der Waals surface area contributed by atoms with Crippen LogP contribution in [-0.2, 0) is 16.2 Å². The Balaban J connectivity index is 2.15. The van der Waals surface area contributed by atoms with Crippen LogP contribution in [0.2, 0.25) is 5.02 Å². The van der Waals surface area contributed by atoms with Gasteiger partial charge in [-0.1, -0.05) is 11.6 Å². The Kier molecular flexibility index (Phi) is 4.02. The summed E-state index contributed by atoms with van der Waals surface area (Å²) < 4.78 is 5.43. The van der Waals surface area contributed by atoms with Crippen LogP contribution in [0.15, 0.2) is 18.2 Å². The fourth-order valence-corrected chi connectivity index (χ4v) is 2.08. The molecule has 0 N–H and O–H groups in total. The van der Waals surface area contributed by atoms with Crippen molar-refractivity contribution in [1.29, 1.82) is 0 Å². The van der Waals surface area contributed by atoms with Gasteiger partial charge in [0.2, 0.25) is 0 Å². The molecule has 1 aliphatic heterocycles. The lowest BCUT2D eigenvalue weighted by Crippen LogP contribution is -2.30. The normalized spacial score (nSPS) is 17.9. The standard InChI is InChI=1S/C14H18ClNO3/c1-4-18-11-5-6-12(15)10(7-11)8-16-13(17)14(2,3)9-19-16/h5-7H,4,8-9H2,1-3H3. The number of carbonyl (C=O) groups is 1. The molecule has 0 saturated carbocycles. The van der Waals surface area contributed by atoms with E-state index >= 15 is 0 Å². The lowest BCUT2D eigenvalue weighted by molar-refractivity contribution is -0.165. The number of ether oxygens (including phenoxy) is 1. The molecule has 1 saturated heterocycles. The van der Waals surface area contributed by atoms with Gasteiger partial charge in [-0.25, -0.2) is 5.06 Å². The maximum absolute atomic E-state index is 12.1. The second-order valence-corrected chi connectivity index (χ2v) is 5.59. The Morgan fingerprint density at radius 1 is 1.47 bits per heavy atom. The van der Waals surface area contributed by atoms with Gasteiger partial charge in [-0.2, -0.15) is 0 Å². The van der Waals surface area contributed by atoms with Crippen molar-refractivity contribution in [2.45, 2.75) is 27.3 Å². The molecule has 104 valence electrons. The van der Waals surface area contributed by atoms with Crippen molar-refractivity contribution in [2.75, 3.05) is 13.2 Å². The van der Waals surface area contributed by atoms with Gasteiger partial charge in [0.05, 0.1) is 25.2 Å². The summed E-state index contributed by atoms with van der Waals surface area (Å²) in [5, 5.41) is 1.97. The fourth-order valence-electron chi connectivity index (χ4n) is 1.90. The Labute approximate surface area is 118 Å². The van der Waals surface area contributed by atoms with E-state index in [2.05, 4.69) is 0 Å². The second kappa shape index (κ2) is 5.39. The number of rotatable bonds is 4. The lowest BCUT2D eigenvalue weighted by Gasteiger charge is -2.17. The summed E-state index contributed by atoms with van der Waals surface area (Å²) in [5.41, 5.74) is 0.350. The molecule has 0 unspecified atom stereocenters. The van der Waals surface area contributed by atoms with Gasteiger partial charge in [0.25, 0.3) is 5.91 Å². The minimum atomic E-state index is -0.468. The highest BCUT2D eigenvalue weighted by Crippen LogP contribution is 2.30. The molecule has 1 aliphatic rings. The van der Waals surface area contributed by atoms with Gasteiger partial charge in [-0.3, -0.25) is 9.63 Å². The third-order valence-corrected chi connectivity index (χ3v) is 3.40. The maximum Gasteiger partial charge on any atom is 0.254 e. The predicted molar refractivity (Wildman–Crippen MR) is 72.9 cm³/mol. The van der Waals surface area contributed by atoms with Crippen LogP contribution in [-0.4, -0.2) is 24.2 Å². The molecule has 1 aromatic carbocycles. The van der Waals surface area contributed by atoms with Gasteiger partial charge in [0.1, 0.15) is 5.75 Å². The zero-order chi connectivity index (χ0) is 14.0. The molecular formula is C14H18ClNO3. The average molecular weight is 284 g/mol. The third kappa shape index (κ3) is 3.01. The van der Waals surface area contributed by atoms with Crippen LogP contribution in [0.3, 0.4) is 0 Å². The molecular weight excluding hydrogens is 266 g/mol. The van der Waals surface area contributed by atoms with E-state index < -0.39 is 5.41 Å². The summed E-state index contributed by atoms with van der Waals surface area (Å²) in [6.45, 7) is 6.98. The van der Waals surface area contributed by atoms with Crippen molar-refractivity contribution in [3.05, 3.63) is 28.8 Å². The quantitative estimate of drug-likeness (QED) is 0.852. The zero-order valence-electron chi connectivity index (χ0n) is 11.4. The highest BCUT2D eigenvalue weighted by molar-refractivity contribution is 6.31. The van der Waals surface area contributed by atoms with Crippen LogP contribution in [0.1, 0.15) is 26.3 Å². The monoisotopic (exact) mass is 283 g/mol. The number of nitrogens with zero attached hydrogens (tertiary/aromatic N) is 1. The van der Waals surface area contributed by atoms with E-state index in [1.54, 1.807) is 6.07 Å². The number of hydroxylamine groups is 2. The van der Waals surface area contributed by atoms with E-state index in [4.69, 9.17) is 21.2 Å². The minimum absolute atomic E-state index is 0.0228. The van der Waals surface area contributed by atoms with Crippen molar-refractivity contribution in [3.8, 4) is 5.75 Å². The van der Waals surface area contributed by atoms with Crippen LogP contribution in [0.25, 0.3) is 0 Å². The van der Waals surface area contributed by atoms with Crippen molar-refractivity contribution in [2.24, 2.45) is 5.41 Å². The number of amides is 1. The first-order valence-corrected chi connectivity index (χ1v) is 6.68. The molecule has 1 amide bonds. The van der Waals surface area contributed by atoms with Crippen LogP contribution in [0, 0.1) is 5.41 Å². The van der Waals surface area contributed by atoms with E-state index in [0.717, 1.165) is 11.3 Å². The molecule has 5 heteroatoms. The van der Waals surface area contributed by atoms with Gasteiger partial charge in [-0.05, 0) is 44.5 Å². The highest BCUT2D eigenvalue weighted by Gasteiger charge is 2.40. The Morgan fingerprint density at radius 3 is 2.79 bits per heavy atom. The summed E-state index contributed by atoms with van der Waals surface area (Å²) in [7, 11) is 0. The van der Waals surface area contributed by atoms with Crippen molar-refractivity contribution in [3.63, 3.8) is 0 Å². The van der Waals surface area contributed by atoms with Crippen molar-refractivity contribution < 1.29 is 14.4 Å². The molecule has 0 aromatic heterocycles. The van der Waals surface area contributed by atoms with Gasteiger partial charge in [0, 0.05) is 5.02 Å². The topological polar surface area (TPSA) is 38.8 Å². The molecule has 1 aromatic rings. The molecule has 0 atom stereocenters. The summed E-state index contributed by atoms with van der Waals surface area (Å²) >= 11 is 6.14. The first-order valence-electron chi connectivity index (χ1n) is 6.30. The number of benzene rings is 1. The van der Waals surface area contributed by atoms with Crippen LogP contribution < -0.4 is 4.74 Å². The van der Waals surface area contributed by atoms with E-state index in [9.17, 15) is 4.79 Å². The maximum atomic E-state index is 12.1. The van der Waals surface area contributed by atoms with E-state index in [-0.39, 0.29) is 5.91 Å². The highest BCUT2D eigenvalue weighted by atomic mass is 35.5. The summed E-state index contributed by atoms with van der Waals surface area (Å²) in [5.74, 6) is 0.721. The Hall–Kier alpha value is -1.26. The Morgan fingerprint density at radius 2 is 2.21 bits per heavy atom. The molecule has 1 fully saturated rings. The van der Waals surface area contributed by atoms with Gasteiger partial charge in [0.15, 0.2) is 0 Å². The van der Waals surface area contributed by atoms with Crippen LogP contribution in [0.5, 0.6) is 5.75 Å². The SMILES string of the molecule is CCOc1ccc(Cl)c(CN2OCC(C)(C)C2=O)c1. The summed E-state index contributed by atoms with van der Waals surface area (Å²) in [4.78, 5) is 17.5. The molecule has 0 bridgehead atoms. The molecule has 4 nitrogen and oxygen atoms in total. The smallest absolute Gasteiger partial charge is 0.254 e. The number of hydrogen-bond acceptors (Lipinski definition) is 3. The van der Waals surface area contributed by atoms with Gasteiger partial charge < -0.3 is 4.74 Å². The summed E-state index contributed by atoms with van der Waals surface area (Å²) in [6.07, 6.45) is 0. The number of carbonyl (C=O) groups excluding carboxylic acids is 1. The van der Waals surface area contributed by atoms with E-state index in [1.807, 2.05) is 32.9 Å². The third-order valence-electron chi connectivity index (χ3n) is 3.03. The first-order chi connectivity index (χ1) is 8.94. The van der Waals surface area contributed by atoms with Crippen molar-refractivity contribution >= 4 is 17.5 Å². The molecule has 19 heavy (non-hydrogen) atoms. The average Bonchev–Trinajstić information content (AvgIpc) is 2.61. The molecule has 0 aliphatic carbocycles. The zero-order valence-corrected chi connectivity index (χ0v) is 12.2. The predicted octanol–water partition coefficient (Wildman–Crippen LogP) is 3.04. The molecule has 2 rings (SSSR count). The van der Waals surface area contributed by atoms with E-state index in [1.165, 1.54) is 5.06 Å². The molecule has 1 heterocycles. The summed E-state index contributed by atoms with van der Waals surface area (Å²) in [6, 6.07) is 5.42. The fraction of sp³-hybridized carbons (Fsp3) is 0.500. The number of hydrogen-bond donors (Lipinski definition) is 0. The van der Waals surface area contributed by atoms with Crippen LogP contribution in [0.4, 0.5) is 0 Å². The lowest BCUT2D eigenvalue weighted by atomic mass is 9.95. The van der Waals surface area contributed by atoms with Gasteiger partial charge >= 0.3 is 0 Å². The minimum Gasteiger partial charge on any atom is -0.494 e. The molecule has 0 radical (unpaired) electrons. The second-order valence-electron chi connectivity index (χ2n) is 5.19. The van der Waals surface area contributed by atoms with Crippen molar-refractivity contribution in [1.82, 2.24) is 5.06 Å². The molecule has 0 spiro atoms. The first kappa shape index (κ1) is 14.2. The van der Waals surface area contributed by atoms with E-state index in [0.29, 0.717) is 24.8 Å².